The molecule has 2 aromatic rings. The van der Waals surface area contributed by atoms with Crippen LogP contribution in [0.4, 0.5) is 11.5 Å². The van der Waals surface area contributed by atoms with E-state index in [4.69, 9.17) is 5.11 Å². The summed E-state index contributed by atoms with van der Waals surface area (Å²) in [6.07, 6.45) is 7.34. The quantitative estimate of drug-likeness (QED) is 0.573. The number of nitrogens with zero attached hydrogens (tertiary/aromatic N) is 1. The van der Waals surface area contributed by atoms with Gasteiger partial charge >= 0.3 is 5.97 Å². The predicted molar refractivity (Wildman–Crippen MR) is 112 cm³/mol. The zero-order chi connectivity index (χ0) is 19.9. The number of carboxylic acids is 1. The lowest BCUT2D eigenvalue weighted by Gasteiger charge is -2.21. The molecular formula is C22H29N3O3. The van der Waals surface area contributed by atoms with Crippen molar-refractivity contribution in [2.75, 3.05) is 17.2 Å². The number of amides is 1. The summed E-state index contributed by atoms with van der Waals surface area (Å²) in [5.41, 5.74) is 2.67. The molecule has 0 atom stereocenters. The number of pyridine rings is 1. The summed E-state index contributed by atoms with van der Waals surface area (Å²) in [6, 6.07) is 7.76. The molecule has 3 N–H and O–H groups in total. The molecule has 0 bridgehead atoms. The number of hydrogen-bond acceptors (Lipinski definition) is 4. The average molecular weight is 383 g/mol. The van der Waals surface area contributed by atoms with Crippen LogP contribution in [0, 0.1) is 12.8 Å². The molecule has 0 saturated heterocycles. The Hall–Kier alpha value is -2.63. The predicted octanol–water partition coefficient (Wildman–Crippen LogP) is 4.73. The van der Waals surface area contributed by atoms with Gasteiger partial charge in [0.05, 0.1) is 11.2 Å². The maximum Gasteiger partial charge on any atom is 0.303 e. The van der Waals surface area contributed by atoms with Crippen molar-refractivity contribution in [3.8, 4) is 0 Å². The number of carbonyl (C=O) groups is 2. The fraction of sp³-hybridized carbons (Fsp3) is 0.500. The molecule has 1 heterocycles. The molecule has 6 nitrogen and oxygen atoms in total. The summed E-state index contributed by atoms with van der Waals surface area (Å²) < 4.78 is 0. The van der Waals surface area contributed by atoms with Crippen LogP contribution in [0.15, 0.2) is 24.3 Å². The second-order valence-electron chi connectivity index (χ2n) is 7.70. The molecule has 6 heteroatoms. The van der Waals surface area contributed by atoms with Crippen molar-refractivity contribution in [2.24, 2.45) is 5.92 Å². The van der Waals surface area contributed by atoms with Gasteiger partial charge < -0.3 is 15.7 Å². The van der Waals surface area contributed by atoms with E-state index in [1.165, 1.54) is 19.3 Å². The first-order valence-corrected chi connectivity index (χ1v) is 10.2. The lowest BCUT2D eigenvalue weighted by molar-refractivity contribution is -0.137. The number of benzene rings is 1. The Morgan fingerprint density at radius 3 is 2.68 bits per heavy atom. The van der Waals surface area contributed by atoms with E-state index < -0.39 is 5.97 Å². The van der Waals surface area contributed by atoms with Crippen molar-refractivity contribution >= 4 is 34.3 Å². The molecule has 1 amide bonds. The number of aliphatic carboxylic acids is 1. The van der Waals surface area contributed by atoms with Gasteiger partial charge in [0.15, 0.2) is 0 Å². The zero-order valence-electron chi connectivity index (χ0n) is 16.5. The highest BCUT2D eigenvalue weighted by Gasteiger charge is 2.18. The Morgan fingerprint density at radius 1 is 1.14 bits per heavy atom. The van der Waals surface area contributed by atoms with E-state index in [-0.39, 0.29) is 12.3 Å². The van der Waals surface area contributed by atoms with Crippen LogP contribution in [0.1, 0.15) is 56.9 Å². The number of fused-ring (bicyclic) bond motifs is 1. The lowest BCUT2D eigenvalue weighted by atomic mass is 9.87. The summed E-state index contributed by atoms with van der Waals surface area (Å²) in [6.45, 7) is 2.55. The van der Waals surface area contributed by atoms with E-state index in [0.29, 0.717) is 31.1 Å². The summed E-state index contributed by atoms with van der Waals surface area (Å²) in [7, 11) is 0. The highest BCUT2D eigenvalue weighted by molar-refractivity contribution is 6.02. The van der Waals surface area contributed by atoms with E-state index in [9.17, 15) is 9.59 Å². The van der Waals surface area contributed by atoms with Gasteiger partial charge in [-0.2, -0.15) is 0 Å². The van der Waals surface area contributed by atoms with E-state index in [2.05, 4.69) is 15.6 Å². The molecule has 1 aliphatic carbocycles. The maximum absolute atomic E-state index is 12.6. The van der Waals surface area contributed by atoms with E-state index in [1.54, 1.807) is 0 Å². The van der Waals surface area contributed by atoms with Crippen LogP contribution in [-0.2, 0) is 9.59 Å². The number of anilines is 2. The Labute approximate surface area is 165 Å². The van der Waals surface area contributed by atoms with Crippen LogP contribution < -0.4 is 10.6 Å². The topological polar surface area (TPSA) is 91.3 Å². The van der Waals surface area contributed by atoms with Gasteiger partial charge in [-0.25, -0.2) is 4.98 Å². The zero-order valence-corrected chi connectivity index (χ0v) is 16.5. The summed E-state index contributed by atoms with van der Waals surface area (Å²) in [5.74, 6) is 0.501. The first-order chi connectivity index (χ1) is 13.5. The van der Waals surface area contributed by atoms with Gasteiger partial charge in [0.1, 0.15) is 5.82 Å². The van der Waals surface area contributed by atoms with Crippen LogP contribution in [0.2, 0.25) is 0 Å². The van der Waals surface area contributed by atoms with Gasteiger partial charge in [-0.05, 0) is 55.9 Å². The van der Waals surface area contributed by atoms with E-state index >= 15 is 0 Å². The number of rotatable bonds is 8. The number of aryl methyl sites for hydroxylation is 1. The second kappa shape index (κ2) is 9.53. The van der Waals surface area contributed by atoms with Gasteiger partial charge in [-0.1, -0.05) is 25.3 Å². The van der Waals surface area contributed by atoms with Crippen molar-refractivity contribution < 1.29 is 14.7 Å². The third kappa shape index (κ3) is 5.44. The second-order valence-corrected chi connectivity index (χ2v) is 7.70. The van der Waals surface area contributed by atoms with E-state index in [0.717, 1.165) is 35.0 Å². The summed E-state index contributed by atoms with van der Waals surface area (Å²) in [4.78, 5) is 27.8. The number of carboxylic acid groups (broad SMARTS) is 1. The molecule has 1 fully saturated rings. The number of aromatic nitrogens is 1. The minimum Gasteiger partial charge on any atom is -0.481 e. The summed E-state index contributed by atoms with van der Waals surface area (Å²) in [5, 5.41) is 15.9. The Kier molecular flexibility index (Phi) is 6.85. The van der Waals surface area contributed by atoms with Crippen LogP contribution in [0.3, 0.4) is 0 Å². The molecule has 3 rings (SSSR count). The van der Waals surface area contributed by atoms with Crippen molar-refractivity contribution in [1.82, 2.24) is 4.98 Å². The minimum absolute atomic E-state index is 0.0818. The molecule has 28 heavy (non-hydrogen) atoms. The summed E-state index contributed by atoms with van der Waals surface area (Å²) >= 11 is 0. The van der Waals surface area contributed by atoms with Gasteiger partial charge in [-0.3, -0.25) is 9.59 Å². The number of carbonyl (C=O) groups excluding carboxylic acids is 1. The molecular weight excluding hydrogens is 354 g/mol. The standard InChI is InChI=1S/C22H29N3O3/c1-15-9-11-18-17(10-12-19(24-18)23-13-5-8-21(27)28)22(15)25-20(26)14-16-6-3-2-4-7-16/h9-12,16H,2-8,13-14H2,1H3,(H,23,24)(H,25,26)(H,27,28). The van der Waals surface area contributed by atoms with Crippen LogP contribution >= 0.6 is 0 Å². The van der Waals surface area contributed by atoms with Gasteiger partial charge in [-0.15, -0.1) is 0 Å². The smallest absolute Gasteiger partial charge is 0.303 e. The highest BCUT2D eigenvalue weighted by Crippen LogP contribution is 2.30. The first-order valence-electron chi connectivity index (χ1n) is 10.2. The third-order valence-electron chi connectivity index (χ3n) is 5.42. The van der Waals surface area contributed by atoms with E-state index in [1.807, 2.05) is 31.2 Å². The third-order valence-corrected chi connectivity index (χ3v) is 5.42. The lowest BCUT2D eigenvalue weighted by Crippen LogP contribution is -2.19. The highest BCUT2D eigenvalue weighted by atomic mass is 16.4. The SMILES string of the molecule is Cc1ccc2nc(NCCCC(=O)O)ccc2c1NC(=O)CC1CCCCC1. The van der Waals surface area contributed by atoms with Crippen LogP contribution in [0.25, 0.3) is 10.9 Å². The van der Waals surface area contributed by atoms with Crippen molar-refractivity contribution in [2.45, 2.75) is 58.3 Å². The minimum atomic E-state index is -0.794. The first kappa shape index (κ1) is 20.1. The fourth-order valence-electron chi connectivity index (χ4n) is 3.88. The van der Waals surface area contributed by atoms with Crippen molar-refractivity contribution in [3.05, 3.63) is 29.8 Å². The van der Waals surface area contributed by atoms with Crippen molar-refractivity contribution in [1.29, 1.82) is 0 Å². The molecule has 1 aromatic heterocycles. The molecule has 1 aromatic carbocycles. The Morgan fingerprint density at radius 2 is 1.93 bits per heavy atom. The Bertz CT molecular complexity index is 844. The van der Waals surface area contributed by atoms with Crippen molar-refractivity contribution in [3.63, 3.8) is 0 Å². The average Bonchev–Trinajstić information content (AvgIpc) is 2.68. The fourth-order valence-corrected chi connectivity index (χ4v) is 3.88. The largest absolute Gasteiger partial charge is 0.481 e. The molecule has 0 aliphatic heterocycles. The maximum atomic E-state index is 12.6. The molecule has 0 spiro atoms. The molecule has 1 aliphatic rings. The van der Waals surface area contributed by atoms with Gasteiger partial charge in [0.25, 0.3) is 0 Å². The number of hydrogen-bond donors (Lipinski definition) is 3. The van der Waals surface area contributed by atoms with Crippen LogP contribution in [0.5, 0.6) is 0 Å². The normalized spacial score (nSPS) is 14.8. The Balaban J connectivity index is 1.68. The number of nitrogens with one attached hydrogen (secondary N) is 2. The van der Waals surface area contributed by atoms with Crippen LogP contribution in [-0.4, -0.2) is 28.5 Å². The van der Waals surface area contributed by atoms with Gasteiger partial charge in [0, 0.05) is 24.8 Å². The molecule has 0 unspecified atom stereocenters. The molecule has 150 valence electrons. The monoisotopic (exact) mass is 383 g/mol. The molecule has 1 saturated carbocycles. The molecule has 0 radical (unpaired) electrons. The van der Waals surface area contributed by atoms with Gasteiger partial charge in [0.2, 0.25) is 5.91 Å².